The first-order valence-electron chi connectivity index (χ1n) is 6.70. The number of aromatic hydroxyl groups is 1. The third-order valence-corrected chi connectivity index (χ3v) is 3.11. The fraction of sp³-hybridized carbons (Fsp3) is 0.467. The third-order valence-electron chi connectivity index (χ3n) is 2.51. The smallest absolute Gasteiger partial charge is 0.428 e. The van der Waals surface area contributed by atoms with Gasteiger partial charge in [0, 0.05) is 12.1 Å². The number of carbonyl (C=O) groups is 1. The summed E-state index contributed by atoms with van der Waals surface area (Å²) in [5.74, 6) is 0.421. The number of hydrogen-bond donors (Lipinski definition) is 2. The van der Waals surface area contributed by atoms with E-state index in [9.17, 15) is 9.90 Å². The van der Waals surface area contributed by atoms with Gasteiger partial charge in [-0.2, -0.15) is 5.10 Å². The predicted molar refractivity (Wildman–Crippen MR) is 88.5 cm³/mol. The highest BCUT2D eigenvalue weighted by Gasteiger charge is 2.15. The minimum atomic E-state index is -0.601. The van der Waals surface area contributed by atoms with Crippen molar-refractivity contribution in [2.75, 3.05) is 7.11 Å². The molecule has 0 aliphatic carbocycles. The molecule has 1 rings (SSSR count). The number of methoxy groups -OCH3 is 1. The molecule has 6 nitrogen and oxygen atoms in total. The molecule has 0 atom stereocenters. The topological polar surface area (TPSA) is 80.2 Å². The molecule has 22 heavy (non-hydrogen) atoms. The van der Waals surface area contributed by atoms with Gasteiger partial charge in [0.2, 0.25) is 0 Å². The van der Waals surface area contributed by atoms with Crippen LogP contribution in [-0.2, 0) is 11.2 Å². The number of nitrogens with zero attached hydrogens (tertiary/aromatic N) is 1. The first-order valence-corrected chi connectivity index (χ1v) is 7.49. The molecule has 0 radical (unpaired) electrons. The Hall–Kier alpha value is -1.76. The van der Waals surface area contributed by atoms with Crippen LogP contribution in [0.25, 0.3) is 0 Å². The normalized spacial score (nSPS) is 12.0. The lowest BCUT2D eigenvalue weighted by molar-refractivity contribution is 0.0529. The first kappa shape index (κ1) is 18.3. The van der Waals surface area contributed by atoms with Crippen molar-refractivity contribution >= 4 is 27.7 Å². The largest absolute Gasteiger partial charge is 0.503 e. The average molecular weight is 373 g/mol. The summed E-state index contributed by atoms with van der Waals surface area (Å²) in [5.41, 5.74) is 3.35. The summed E-state index contributed by atoms with van der Waals surface area (Å²) in [7, 11) is 1.48. The van der Waals surface area contributed by atoms with Crippen LogP contribution in [0.1, 0.15) is 33.3 Å². The Labute approximate surface area is 138 Å². The quantitative estimate of drug-likeness (QED) is 0.624. The van der Waals surface area contributed by atoms with Gasteiger partial charge >= 0.3 is 6.09 Å². The molecule has 0 fully saturated rings. The number of halogens is 1. The van der Waals surface area contributed by atoms with Gasteiger partial charge in [0.05, 0.1) is 11.6 Å². The van der Waals surface area contributed by atoms with E-state index >= 15 is 0 Å². The summed E-state index contributed by atoms with van der Waals surface area (Å²) in [6.45, 7) is 7.13. The SMILES string of the molecule is COc1cc(C/C(C)=N/NC(=O)OC(C)(C)C)cc(Br)c1O. The molecule has 0 aromatic heterocycles. The number of phenolic OH excluding ortho intramolecular Hbond substituents is 1. The fourth-order valence-electron chi connectivity index (χ4n) is 1.66. The number of amides is 1. The maximum atomic E-state index is 11.5. The van der Waals surface area contributed by atoms with Crippen molar-refractivity contribution < 1.29 is 19.4 Å². The molecule has 0 heterocycles. The minimum Gasteiger partial charge on any atom is -0.503 e. The summed E-state index contributed by atoms with van der Waals surface area (Å²) >= 11 is 3.26. The maximum absolute atomic E-state index is 11.5. The van der Waals surface area contributed by atoms with E-state index in [1.54, 1.807) is 39.8 Å². The number of hydrazone groups is 1. The van der Waals surface area contributed by atoms with Gasteiger partial charge in [-0.05, 0) is 61.3 Å². The second-order valence-corrected chi connectivity index (χ2v) is 6.62. The molecule has 2 N–H and O–H groups in total. The standard InChI is InChI=1S/C15H21BrN2O4/c1-9(17-18-14(20)22-15(2,3)4)6-10-7-11(16)13(19)12(8-10)21-5/h7-8,19H,6H2,1-5H3,(H,18,20)/b17-9+. The number of hydrogen-bond acceptors (Lipinski definition) is 5. The zero-order valence-electron chi connectivity index (χ0n) is 13.4. The molecular weight excluding hydrogens is 352 g/mol. The van der Waals surface area contributed by atoms with E-state index in [1.807, 2.05) is 0 Å². The van der Waals surface area contributed by atoms with E-state index < -0.39 is 11.7 Å². The lowest BCUT2D eigenvalue weighted by atomic mass is 10.1. The number of nitrogens with one attached hydrogen (secondary N) is 1. The summed E-state index contributed by atoms with van der Waals surface area (Å²) in [4.78, 5) is 11.5. The van der Waals surface area contributed by atoms with Gasteiger partial charge in [0.1, 0.15) is 5.60 Å². The van der Waals surface area contributed by atoms with Crippen molar-refractivity contribution in [1.82, 2.24) is 5.43 Å². The van der Waals surface area contributed by atoms with Crippen molar-refractivity contribution in [3.8, 4) is 11.5 Å². The minimum absolute atomic E-state index is 0.0488. The zero-order valence-corrected chi connectivity index (χ0v) is 14.9. The molecule has 0 bridgehead atoms. The molecule has 1 amide bonds. The third kappa shape index (κ3) is 5.93. The van der Waals surface area contributed by atoms with Crippen LogP contribution in [0.3, 0.4) is 0 Å². The number of carbonyl (C=O) groups excluding carboxylic acids is 1. The lowest BCUT2D eigenvalue weighted by Gasteiger charge is -2.18. The van der Waals surface area contributed by atoms with Crippen LogP contribution in [0.5, 0.6) is 11.5 Å². The second kappa shape index (κ2) is 7.49. The first-order chi connectivity index (χ1) is 10.1. The van der Waals surface area contributed by atoms with Crippen LogP contribution in [0.2, 0.25) is 0 Å². The Morgan fingerprint density at radius 3 is 2.59 bits per heavy atom. The van der Waals surface area contributed by atoms with Gasteiger partial charge in [-0.25, -0.2) is 10.2 Å². The highest BCUT2D eigenvalue weighted by atomic mass is 79.9. The van der Waals surface area contributed by atoms with E-state index in [0.717, 1.165) is 5.56 Å². The van der Waals surface area contributed by atoms with Crippen LogP contribution >= 0.6 is 15.9 Å². The van der Waals surface area contributed by atoms with Gasteiger partial charge in [0.25, 0.3) is 0 Å². The number of phenols is 1. The van der Waals surface area contributed by atoms with Crippen molar-refractivity contribution in [3.05, 3.63) is 22.2 Å². The molecule has 0 saturated heterocycles. The summed E-state index contributed by atoms with van der Waals surface area (Å²) in [6.07, 6.45) is -0.110. The zero-order chi connectivity index (χ0) is 16.9. The molecule has 122 valence electrons. The van der Waals surface area contributed by atoms with Crippen molar-refractivity contribution in [2.24, 2.45) is 5.10 Å². The average Bonchev–Trinajstić information content (AvgIpc) is 2.38. The van der Waals surface area contributed by atoms with E-state index in [1.165, 1.54) is 7.11 Å². The molecule has 0 spiro atoms. The van der Waals surface area contributed by atoms with E-state index in [0.29, 0.717) is 22.4 Å². The number of benzene rings is 1. The molecule has 0 saturated carbocycles. The maximum Gasteiger partial charge on any atom is 0.428 e. The Kier molecular flexibility index (Phi) is 6.22. The van der Waals surface area contributed by atoms with E-state index in [-0.39, 0.29) is 5.75 Å². The van der Waals surface area contributed by atoms with Gasteiger partial charge in [-0.1, -0.05) is 0 Å². The molecule has 0 aliphatic heterocycles. The van der Waals surface area contributed by atoms with Crippen molar-refractivity contribution in [1.29, 1.82) is 0 Å². The Balaban J connectivity index is 2.72. The molecule has 1 aromatic rings. The van der Waals surface area contributed by atoms with Crippen molar-refractivity contribution in [3.63, 3.8) is 0 Å². The van der Waals surface area contributed by atoms with Gasteiger partial charge in [-0.3, -0.25) is 0 Å². The van der Waals surface area contributed by atoms with Gasteiger partial charge in [-0.15, -0.1) is 0 Å². The van der Waals surface area contributed by atoms with E-state index in [4.69, 9.17) is 9.47 Å². The molecule has 0 unspecified atom stereocenters. The Bertz CT molecular complexity index is 580. The molecule has 0 aliphatic rings. The van der Waals surface area contributed by atoms with E-state index in [2.05, 4.69) is 26.5 Å². The monoisotopic (exact) mass is 372 g/mol. The van der Waals surface area contributed by atoms with Crippen LogP contribution in [0.15, 0.2) is 21.7 Å². The molecule has 1 aromatic carbocycles. The van der Waals surface area contributed by atoms with Gasteiger partial charge < -0.3 is 14.6 Å². The highest BCUT2D eigenvalue weighted by Crippen LogP contribution is 2.35. The molecular formula is C15H21BrN2O4. The molecule has 7 heteroatoms. The highest BCUT2D eigenvalue weighted by molar-refractivity contribution is 9.10. The van der Waals surface area contributed by atoms with Gasteiger partial charge in [0.15, 0.2) is 11.5 Å². The number of rotatable bonds is 4. The van der Waals surface area contributed by atoms with Crippen LogP contribution < -0.4 is 10.2 Å². The summed E-state index contributed by atoms with van der Waals surface area (Å²) < 4.78 is 10.7. The van der Waals surface area contributed by atoms with Crippen molar-refractivity contribution in [2.45, 2.75) is 39.7 Å². The predicted octanol–water partition coefficient (Wildman–Crippen LogP) is 3.61. The summed E-state index contributed by atoms with van der Waals surface area (Å²) in [5, 5.41) is 13.7. The van der Waals surface area contributed by atoms with Crippen LogP contribution in [-0.4, -0.2) is 29.6 Å². The van der Waals surface area contributed by atoms with Crippen LogP contribution in [0.4, 0.5) is 4.79 Å². The Morgan fingerprint density at radius 2 is 2.05 bits per heavy atom. The van der Waals surface area contributed by atoms with Crippen LogP contribution in [0, 0.1) is 0 Å². The lowest BCUT2D eigenvalue weighted by Crippen LogP contribution is -2.30. The fourth-order valence-corrected chi connectivity index (χ4v) is 2.15. The second-order valence-electron chi connectivity index (χ2n) is 5.77. The number of ether oxygens (including phenoxy) is 2. The Morgan fingerprint density at radius 1 is 1.41 bits per heavy atom. The summed E-state index contributed by atoms with van der Waals surface area (Å²) in [6, 6.07) is 3.48.